The second kappa shape index (κ2) is 188. The summed E-state index contributed by atoms with van der Waals surface area (Å²) in [6, 6.07) is 0. The van der Waals surface area contributed by atoms with Crippen LogP contribution in [0, 0.1) is 0 Å². The standard InChI is InChI=1S/CH2O3.Al.Mg.8H2O/c2-1(3)4;;;;;;;;;;/h(H2,2,3,4);;;8*1H2/q;+3;+2;;;;;;;;/p-9. The second-order valence-corrected chi connectivity index (χ2v) is 0.250. The fraction of sp³-hybridized carbons (Fsp3) is 0. The Labute approximate surface area is 105 Å². The van der Waals surface area contributed by atoms with Crippen molar-refractivity contribution in [2.24, 2.45) is 0 Å². The van der Waals surface area contributed by atoms with Crippen LogP contribution in [-0.4, -0.2) is 90.4 Å². The molecular weight excluding hydrogens is 239 g/mol. The van der Waals surface area contributed by atoms with Crippen molar-refractivity contribution in [1.29, 1.82) is 0 Å². The predicted octanol–water partition coefficient (Wildman–Crippen LogP) is -5.27. The number of carbonyl (C=O) groups is 1. The van der Waals surface area contributed by atoms with Crippen molar-refractivity contribution in [3.63, 3.8) is 0 Å². The summed E-state index contributed by atoms with van der Waals surface area (Å²) in [5.41, 5.74) is 0. The maximum Gasteiger partial charge on any atom is 3.00 e. The summed E-state index contributed by atoms with van der Waals surface area (Å²) in [5, 5.41) is 16.7. The Morgan fingerprint density at radius 1 is 0.714 bits per heavy atom. The largest absolute Gasteiger partial charge is 3.00 e. The summed E-state index contributed by atoms with van der Waals surface area (Å²) >= 11 is 0. The fourth-order valence-corrected chi connectivity index (χ4v) is 0. The van der Waals surface area contributed by atoms with Crippen molar-refractivity contribution in [3.05, 3.63) is 0 Å². The maximum absolute atomic E-state index is 8.33. The molecule has 0 spiro atoms. The molecule has 11 nitrogen and oxygen atoms in total. The Kier molecular flexibility index (Phi) is 3190. The summed E-state index contributed by atoms with van der Waals surface area (Å²) in [5.74, 6) is 0. The normalized spacial score (nSPS) is 1.71. The van der Waals surface area contributed by atoms with Gasteiger partial charge < -0.3 is 58.8 Å². The average molecular weight is 248 g/mol. The van der Waals surface area contributed by atoms with Gasteiger partial charge in [-0.15, -0.1) is 0 Å². The Balaban J connectivity index is -0.000000001000. The first-order valence-electron chi connectivity index (χ1n) is 0.612. The van der Waals surface area contributed by atoms with Crippen LogP contribution < -0.4 is 10.2 Å². The summed E-state index contributed by atoms with van der Waals surface area (Å²) in [7, 11) is 0. The molecule has 0 fully saturated rings. The van der Waals surface area contributed by atoms with Gasteiger partial charge in [0.15, 0.2) is 0 Å². The average Bonchev–Trinajstić information content (AvgIpc) is 0.811. The first-order valence-corrected chi connectivity index (χ1v) is 0.612. The first-order chi connectivity index (χ1) is 1.73. The third-order valence-corrected chi connectivity index (χ3v) is 0. The molecule has 0 aliphatic rings. The quantitative estimate of drug-likeness (QED) is 0.366. The molecule has 0 aromatic rings. The van der Waals surface area contributed by atoms with Gasteiger partial charge in [0.25, 0.3) is 0 Å². The fourth-order valence-electron chi connectivity index (χ4n) is 0. The third-order valence-electron chi connectivity index (χ3n) is 0. The van der Waals surface area contributed by atoms with E-state index >= 15 is 0 Å². The molecule has 0 heterocycles. The summed E-state index contributed by atoms with van der Waals surface area (Å²) in [6.07, 6.45) is -2.33. The molecule has 0 aromatic carbocycles. The molecule has 0 amide bonds. The molecule has 0 aliphatic carbocycles. The zero-order chi connectivity index (χ0) is 3.58. The minimum atomic E-state index is -2.33. The molecule has 13 heteroatoms. The predicted molar refractivity (Wildman–Crippen MR) is 34.1 cm³/mol. The molecule has 0 saturated carbocycles. The van der Waals surface area contributed by atoms with Crippen molar-refractivity contribution >= 4 is 46.6 Å². The Hall–Kier alpha value is 0.249. The van der Waals surface area contributed by atoms with E-state index in [0.29, 0.717) is 0 Å². The molecule has 0 saturated heterocycles. The van der Waals surface area contributed by atoms with Crippen LogP contribution in [0.15, 0.2) is 0 Å². The molecule has 0 aromatic heterocycles. The van der Waals surface area contributed by atoms with Gasteiger partial charge in [-0.1, -0.05) is 0 Å². The van der Waals surface area contributed by atoms with Gasteiger partial charge in [0.2, 0.25) is 0 Å². The number of rotatable bonds is 0. The first kappa shape index (κ1) is 237. The Bertz CT molecular complexity index is 38.3. The topological polar surface area (TPSA) is 305 Å². The van der Waals surface area contributed by atoms with Gasteiger partial charge in [0.1, 0.15) is 0 Å². The molecule has 0 unspecified atom stereocenters. The Morgan fingerprint density at radius 3 is 0.714 bits per heavy atom. The van der Waals surface area contributed by atoms with Crippen LogP contribution in [0.1, 0.15) is 0 Å². The summed E-state index contributed by atoms with van der Waals surface area (Å²) in [4.78, 5) is 8.33. The number of carbonyl (C=O) groups excluding carboxylic acids is 1. The van der Waals surface area contributed by atoms with Gasteiger partial charge in [0, 0.05) is 0 Å². The van der Waals surface area contributed by atoms with Gasteiger partial charge >= 0.3 is 40.4 Å². The summed E-state index contributed by atoms with van der Waals surface area (Å²) < 4.78 is 0. The Morgan fingerprint density at radius 2 is 0.714 bits per heavy atom. The minimum absolute atomic E-state index is 0. The van der Waals surface area contributed by atoms with E-state index in [2.05, 4.69) is 0 Å². The van der Waals surface area contributed by atoms with Crippen LogP contribution >= 0.6 is 0 Å². The zero-order valence-electron chi connectivity index (χ0n) is 6.64. The molecule has 0 rings (SSSR count). The zero-order valence-corrected chi connectivity index (χ0v) is 9.21. The molecule has 88 valence electrons. The van der Waals surface area contributed by atoms with E-state index in [9.17, 15) is 0 Å². The second-order valence-electron chi connectivity index (χ2n) is 0.250. The van der Waals surface area contributed by atoms with E-state index in [1.54, 1.807) is 0 Å². The maximum atomic E-state index is 8.33. The van der Waals surface area contributed by atoms with Crippen LogP contribution in [0.4, 0.5) is 4.79 Å². The number of hydrogen-bond donors (Lipinski definition) is 0. The number of carboxylic acid groups (broad SMARTS) is 2. The van der Waals surface area contributed by atoms with Crippen LogP contribution in [0.25, 0.3) is 0 Å². The smallest absolute Gasteiger partial charge is 0.870 e. The van der Waals surface area contributed by atoms with Crippen molar-refractivity contribution in [1.82, 2.24) is 0 Å². The van der Waals surface area contributed by atoms with E-state index in [-0.39, 0.29) is 84.2 Å². The van der Waals surface area contributed by atoms with Crippen molar-refractivity contribution < 1.29 is 58.8 Å². The van der Waals surface area contributed by atoms with E-state index in [1.807, 2.05) is 0 Å². The van der Waals surface area contributed by atoms with Crippen LogP contribution in [0.3, 0.4) is 0 Å². The molecule has 0 bridgehead atoms. The van der Waals surface area contributed by atoms with E-state index in [4.69, 9.17) is 15.0 Å². The monoisotopic (exact) mass is 248 g/mol. The SMILES string of the molecule is O.O=C([O-])[O-].[Al+3].[Mg+2].[OH-].[OH-].[OH-].[OH-].[OH-].[OH-].[OH-]. The molecule has 0 atom stereocenters. The van der Waals surface area contributed by atoms with Crippen molar-refractivity contribution in [2.75, 3.05) is 0 Å². The van der Waals surface area contributed by atoms with Crippen LogP contribution in [-0.2, 0) is 0 Å². The van der Waals surface area contributed by atoms with Crippen LogP contribution in [0.2, 0.25) is 0 Å². The van der Waals surface area contributed by atoms with Gasteiger partial charge in [-0.05, 0) is 6.16 Å². The third kappa shape index (κ3) is 25100. The molecule has 0 aliphatic heterocycles. The molecule has 9 N–H and O–H groups in total. The van der Waals surface area contributed by atoms with Crippen molar-refractivity contribution in [3.8, 4) is 0 Å². The van der Waals surface area contributed by atoms with Gasteiger partial charge in [-0.25, -0.2) is 0 Å². The molecule has 0 radical (unpaired) electrons. The van der Waals surface area contributed by atoms with E-state index in [0.717, 1.165) is 0 Å². The number of hydrogen-bond acceptors (Lipinski definition) is 10. The van der Waals surface area contributed by atoms with E-state index in [1.165, 1.54) is 0 Å². The minimum Gasteiger partial charge on any atom is -0.870 e. The van der Waals surface area contributed by atoms with Gasteiger partial charge in [-0.2, -0.15) is 0 Å². The van der Waals surface area contributed by atoms with Crippen LogP contribution in [0.5, 0.6) is 0 Å². The van der Waals surface area contributed by atoms with Gasteiger partial charge in [0.05, 0.1) is 0 Å². The van der Waals surface area contributed by atoms with Crippen molar-refractivity contribution in [2.45, 2.75) is 0 Å². The summed E-state index contributed by atoms with van der Waals surface area (Å²) in [6.45, 7) is 0. The van der Waals surface area contributed by atoms with E-state index < -0.39 is 6.16 Å². The van der Waals surface area contributed by atoms with Gasteiger partial charge in [-0.3, -0.25) is 0 Å². The molecule has 14 heavy (non-hydrogen) atoms. The molecular formula is CH9AlMgO11-4.